The molecule has 8 nitrogen and oxygen atoms in total. The summed E-state index contributed by atoms with van der Waals surface area (Å²) >= 11 is 0. The van der Waals surface area contributed by atoms with Crippen molar-refractivity contribution in [3.05, 3.63) is 89.8 Å². The van der Waals surface area contributed by atoms with Crippen LogP contribution in [-0.2, 0) is 19.5 Å². The fraction of sp³-hybridized carbons (Fsp3) is 0.182. The highest BCUT2D eigenvalue weighted by atomic mass is 19.1. The lowest BCUT2D eigenvalue weighted by atomic mass is 10.1. The highest BCUT2D eigenvalue weighted by Crippen LogP contribution is 2.21. The van der Waals surface area contributed by atoms with Gasteiger partial charge in [0, 0.05) is 29.9 Å². The zero-order chi connectivity index (χ0) is 21.2. The highest BCUT2D eigenvalue weighted by molar-refractivity contribution is 5.89. The lowest BCUT2D eigenvalue weighted by Crippen LogP contribution is -2.39. The van der Waals surface area contributed by atoms with Crippen LogP contribution in [-0.4, -0.2) is 42.3 Å². The number of halogens is 1. The van der Waals surface area contributed by atoms with Crippen LogP contribution in [0.15, 0.2) is 67.0 Å². The van der Waals surface area contributed by atoms with Crippen LogP contribution >= 0.6 is 0 Å². The van der Waals surface area contributed by atoms with Crippen molar-refractivity contribution in [3.63, 3.8) is 0 Å². The first-order valence-corrected chi connectivity index (χ1v) is 9.98. The second-order valence-corrected chi connectivity index (χ2v) is 7.35. The molecule has 0 saturated heterocycles. The van der Waals surface area contributed by atoms with Gasteiger partial charge in [0.15, 0.2) is 0 Å². The third kappa shape index (κ3) is 3.89. The van der Waals surface area contributed by atoms with Crippen molar-refractivity contribution in [3.8, 4) is 5.69 Å². The summed E-state index contributed by atoms with van der Waals surface area (Å²) in [6.07, 6.45) is 4.19. The second kappa shape index (κ2) is 8.02. The molecule has 2 amide bonds. The summed E-state index contributed by atoms with van der Waals surface area (Å²) in [6.45, 7) is 1.52. The van der Waals surface area contributed by atoms with Crippen molar-refractivity contribution in [2.75, 3.05) is 11.9 Å². The number of nitrogens with zero attached hydrogens (tertiary/aromatic N) is 6. The molecule has 4 aromatic rings. The van der Waals surface area contributed by atoms with Crippen LogP contribution in [0.25, 0.3) is 5.69 Å². The minimum Gasteiger partial charge on any atom is -0.320 e. The smallest absolute Gasteiger partial charge is 0.320 e. The molecule has 1 aliphatic heterocycles. The van der Waals surface area contributed by atoms with E-state index in [2.05, 4.69) is 20.7 Å². The maximum Gasteiger partial charge on any atom is 0.322 e. The van der Waals surface area contributed by atoms with E-state index in [1.165, 1.54) is 10.7 Å². The Morgan fingerprint density at radius 2 is 1.90 bits per heavy atom. The van der Waals surface area contributed by atoms with Crippen molar-refractivity contribution in [1.29, 1.82) is 0 Å². The van der Waals surface area contributed by atoms with Gasteiger partial charge in [-0.05, 0) is 24.3 Å². The van der Waals surface area contributed by atoms with Gasteiger partial charge in [0.2, 0.25) is 0 Å². The molecule has 9 heteroatoms. The zero-order valence-corrected chi connectivity index (χ0v) is 16.6. The van der Waals surface area contributed by atoms with Gasteiger partial charge in [0.05, 0.1) is 25.5 Å². The monoisotopic (exact) mass is 417 g/mol. The lowest BCUT2D eigenvalue weighted by molar-refractivity contribution is 0.205. The maximum absolute atomic E-state index is 14.0. The summed E-state index contributed by atoms with van der Waals surface area (Å²) in [5.41, 5.74) is 3.88. The van der Waals surface area contributed by atoms with Crippen LogP contribution in [0.3, 0.4) is 0 Å². The van der Waals surface area contributed by atoms with Crippen LogP contribution < -0.4 is 5.32 Å². The van der Waals surface area contributed by atoms with E-state index in [4.69, 9.17) is 0 Å². The minimum absolute atomic E-state index is 0.127. The SMILES string of the molecule is O=C(Nc1ccccc1)N1CCc2c(cnn2Cc2cn(-c3ccccc3F)nn2)C1. The average Bonchev–Trinajstić information content (AvgIpc) is 3.42. The van der Waals surface area contributed by atoms with Gasteiger partial charge in [0.25, 0.3) is 0 Å². The molecular formula is C22H20FN7O. The Kier molecular flexibility index (Phi) is 4.91. The molecular weight excluding hydrogens is 397 g/mol. The van der Waals surface area contributed by atoms with Gasteiger partial charge in [-0.15, -0.1) is 5.10 Å². The Hall–Kier alpha value is -4.01. The van der Waals surface area contributed by atoms with Gasteiger partial charge in [-0.25, -0.2) is 13.9 Å². The Labute approximate surface area is 177 Å². The quantitative estimate of drug-likeness (QED) is 0.553. The molecule has 0 spiro atoms. The summed E-state index contributed by atoms with van der Waals surface area (Å²) in [5, 5.41) is 15.6. The van der Waals surface area contributed by atoms with E-state index in [0.29, 0.717) is 37.4 Å². The number of carbonyl (C=O) groups is 1. The van der Waals surface area contributed by atoms with E-state index < -0.39 is 0 Å². The number of fused-ring (bicyclic) bond motifs is 1. The van der Waals surface area contributed by atoms with E-state index in [1.807, 2.05) is 35.0 Å². The fourth-order valence-electron chi connectivity index (χ4n) is 3.71. The molecule has 0 aliphatic carbocycles. The van der Waals surface area contributed by atoms with Gasteiger partial charge in [0.1, 0.15) is 17.2 Å². The molecule has 31 heavy (non-hydrogen) atoms. The van der Waals surface area contributed by atoms with Gasteiger partial charge >= 0.3 is 6.03 Å². The third-order valence-corrected chi connectivity index (χ3v) is 5.28. The highest BCUT2D eigenvalue weighted by Gasteiger charge is 2.24. The number of hydrogen-bond acceptors (Lipinski definition) is 4. The largest absolute Gasteiger partial charge is 0.322 e. The second-order valence-electron chi connectivity index (χ2n) is 7.35. The Morgan fingerprint density at radius 1 is 1.10 bits per heavy atom. The number of hydrogen-bond donors (Lipinski definition) is 1. The number of aromatic nitrogens is 5. The van der Waals surface area contributed by atoms with Crippen LogP contribution in [0.4, 0.5) is 14.9 Å². The molecule has 3 heterocycles. The molecule has 0 fully saturated rings. The molecule has 0 radical (unpaired) electrons. The summed E-state index contributed by atoms with van der Waals surface area (Å²) in [4.78, 5) is 14.3. The average molecular weight is 417 g/mol. The summed E-state index contributed by atoms with van der Waals surface area (Å²) in [5.74, 6) is -0.357. The van der Waals surface area contributed by atoms with Crippen molar-refractivity contribution < 1.29 is 9.18 Å². The Bertz CT molecular complexity index is 1220. The van der Waals surface area contributed by atoms with Crippen molar-refractivity contribution in [2.45, 2.75) is 19.5 Å². The van der Waals surface area contributed by atoms with Gasteiger partial charge in [-0.1, -0.05) is 35.5 Å². The van der Waals surface area contributed by atoms with E-state index in [9.17, 15) is 9.18 Å². The number of nitrogens with one attached hydrogen (secondary N) is 1. The van der Waals surface area contributed by atoms with Crippen LogP contribution in [0.5, 0.6) is 0 Å². The number of amides is 2. The van der Waals surface area contributed by atoms with Crippen LogP contribution in [0.1, 0.15) is 17.0 Å². The number of rotatable bonds is 4. The van der Waals surface area contributed by atoms with E-state index in [1.54, 1.807) is 35.5 Å². The first-order valence-electron chi connectivity index (χ1n) is 9.98. The first-order chi connectivity index (χ1) is 15.2. The van der Waals surface area contributed by atoms with Crippen LogP contribution in [0.2, 0.25) is 0 Å². The van der Waals surface area contributed by atoms with Gasteiger partial charge in [-0.2, -0.15) is 5.10 Å². The summed E-state index contributed by atoms with van der Waals surface area (Å²) in [6, 6.07) is 15.7. The third-order valence-electron chi connectivity index (χ3n) is 5.28. The first kappa shape index (κ1) is 19.0. The number of para-hydroxylation sites is 2. The minimum atomic E-state index is -0.357. The standard InChI is InChI=1S/C22H20FN7O/c23-19-8-4-5-9-21(19)30-15-18(26-27-30)14-29-20-10-11-28(13-16(20)12-24-29)22(31)25-17-6-2-1-3-7-17/h1-9,12,15H,10-11,13-14H2,(H,25,31). The van der Waals surface area contributed by atoms with E-state index >= 15 is 0 Å². The van der Waals surface area contributed by atoms with E-state index in [-0.39, 0.29) is 11.8 Å². The molecule has 2 aromatic heterocycles. The maximum atomic E-state index is 14.0. The number of benzene rings is 2. The van der Waals surface area contributed by atoms with Crippen molar-refractivity contribution in [2.24, 2.45) is 0 Å². The lowest BCUT2D eigenvalue weighted by Gasteiger charge is -2.27. The Balaban J connectivity index is 1.27. The van der Waals surface area contributed by atoms with Crippen LogP contribution in [0, 0.1) is 5.82 Å². The van der Waals surface area contributed by atoms with Gasteiger partial charge in [-0.3, -0.25) is 4.68 Å². The molecule has 0 unspecified atom stereocenters. The fourth-order valence-corrected chi connectivity index (χ4v) is 3.71. The molecule has 5 rings (SSSR count). The predicted molar refractivity (Wildman–Crippen MR) is 112 cm³/mol. The molecule has 0 atom stereocenters. The van der Waals surface area contributed by atoms with Crippen molar-refractivity contribution in [1.82, 2.24) is 29.7 Å². The zero-order valence-electron chi connectivity index (χ0n) is 16.6. The van der Waals surface area contributed by atoms with Crippen molar-refractivity contribution >= 4 is 11.7 Å². The number of anilines is 1. The number of carbonyl (C=O) groups excluding carboxylic acids is 1. The number of urea groups is 1. The molecule has 1 N–H and O–H groups in total. The molecule has 0 saturated carbocycles. The molecule has 1 aliphatic rings. The normalized spacial score (nSPS) is 13.1. The molecule has 156 valence electrons. The summed E-state index contributed by atoms with van der Waals surface area (Å²) in [7, 11) is 0. The Morgan fingerprint density at radius 3 is 2.74 bits per heavy atom. The van der Waals surface area contributed by atoms with E-state index in [0.717, 1.165) is 16.9 Å². The summed E-state index contributed by atoms with van der Waals surface area (Å²) < 4.78 is 17.3. The molecule has 0 bridgehead atoms. The predicted octanol–water partition coefficient (Wildman–Crippen LogP) is 3.24. The topological polar surface area (TPSA) is 80.9 Å². The molecule has 2 aromatic carbocycles. The van der Waals surface area contributed by atoms with Gasteiger partial charge < -0.3 is 10.2 Å².